The number of benzene rings is 2. The van der Waals surface area contributed by atoms with E-state index in [0.717, 1.165) is 32.0 Å². The average Bonchev–Trinajstić information content (AvgIpc) is 3.56. The number of carbonyl (C=O) groups excluding carboxylic acids is 2. The van der Waals surface area contributed by atoms with Crippen LogP contribution >= 0.6 is 0 Å². The van der Waals surface area contributed by atoms with E-state index < -0.39 is 23.1 Å². The number of pyridine rings is 2. The number of hydrogen-bond acceptors (Lipinski definition) is 6. The molecule has 1 aliphatic heterocycles. The van der Waals surface area contributed by atoms with Crippen LogP contribution in [0.3, 0.4) is 0 Å². The molecule has 3 amide bonds. The second-order valence-electron chi connectivity index (χ2n) is 11.6. The molecule has 2 aromatic heterocycles. The summed E-state index contributed by atoms with van der Waals surface area (Å²) in [6.07, 6.45) is 4.89. The van der Waals surface area contributed by atoms with E-state index in [1.165, 1.54) is 65.5 Å². The Morgan fingerprint density at radius 2 is 1.67 bits per heavy atom. The number of likely N-dealkylation sites (tertiary alicyclic amines) is 1. The molecule has 0 bridgehead atoms. The van der Waals surface area contributed by atoms with Crippen molar-refractivity contribution >= 4 is 23.4 Å². The molecule has 0 radical (unpaired) electrons. The number of urea groups is 1. The lowest BCUT2D eigenvalue weighted by atomic mass is 10.0. The minimum absolute atomic E-state index is 0.145. The van der Waals surface area contributed by atoms with Crippen LogP contribution in [0, 0.1) is 23.5 Å². The molecule has 45 heavy (non-hydrogen) atoms. The van der Waals surface area contributed by atoms with Crippen LogP contribution in [0.4, 0.5) is 25.1 Å². The van der Waals surface area contributed by atoms with Crippen LogP contribution in [0.25, 0.3) is 5.69 Å². The van der Waals surface area contributed by atoms with Crippen molar-refractivity contribution in [3.63, 3.8) is 0 Å². The van der Waals surface area contributed by atoms with Crippen LogP contribution in [-0.2, 0) is 0 Å². The Balaban J connectivity index is 1.08. The van der Waals surface area contributed by atoms with E-state index in [0.29, 0.717) is 29.1 Å². The maximum atomic E-state index is 15.0. The van der Waals surface area contributed by atoms with E-state index >= 15 is 4.39 Å². The molecule has 4 aromatic rings. The molecule has 232 valence electrons. The van der Waals surface area contributed by atoms with Gasteiger partial charge in [0.25, 0.3) is 11.5 Å². The summed E-state index contributed by atoms with van der Waals surface area (Å²) in [5.74, 6) is -0.0583. The van der Waals surface area contributed by atoms with Crippen molar-refractivity contribution in [2.24, 2.45) is 11.8 Å². The van der Waals surface area contributed by atoms with E-state index in [1.807, 2.05) is 0 Å². The molecule has 2 fully saturated rings. The minimum Gasteiger partial charge on any atom is -0.457 e. The first-order chi connectivity index (χ1) is 21.6. The quantitative estimate of drug-likeness (QED) is 0.290. The second kappa shape index (κ2) is 12.5. The van der Waals surface area contributed by atoms with Gasteiger partial charge < -0.3 is 19.9 Å². The topological polar surface area (TPSA) is 109 Å². The van der Waals surface area contributed by atoms with Crippen LogP contribution in [0.15, 0.2) is 83.9 Å². The molecule has 2 N–H and O–H groups in total. The molecule has 1 saturated heterocycles. The highest BCUT2D eigenvalue weighted by molar-refractivity contribution is 6.04. The summed E-state index contributed by atoms with van der Waals surface area (Å²) in [4.78, 5) is 47.1. The Morgan fingerprint density at radius 1 is 0.956 bits per heavy atom. The Bertz CT molecular complexity index is 1780. The number of amides is 3. The molecule has 1 aliphatic carbocycles. The number of carbonyl (C=O) groups is 2. The summed E-state index contributed by atoms with van der Waals surface area (Å²) in [5, 5.41) is 5.24. The van der Waals surface area contributed by atoms with Crippen LogP contribution in [-0.4, -0.2) is 64.5 Å². The van der Waals surface area contributed by atoms with E-state index in [2.05, 4.69) is 27.6 Å². The highest BCUT2D eigenvalue weighted by Crippen LogP contribution is 2.39. The van der Waals surface area contributed by atoms with E-state index in [-0.39, 0.29) is 29.1 Å². The van der Waals surface area contributed by atoms with E-state index in [4.69, 9.17) is 4.74 Å². The number of anilines is 2. The molecule has 6 rings (SSSR count). The third-order valence-electron chi connectivity index (χ3n) is 8.46. The van der Waals surface area contributed by atoms with Crippen molar-refractivity contribution in [1.29, 1.82) is 0 Å². The number of nitrogens with one attached hydrogen (secondary N) is 2. The monoisotopic (exact) mass is 614 g/mol. The summed E-state index contributed by atoms with van der Waals surface area (Å²) >= 11 is 0. The molecular formula is C33H32F2N6O4. The number of hydrogen-bond donors (Lipinski definition) is 2. The Labute approximate surface area is 258 Å². The van der Waals surface area contributed by atoms with Crippen molar-refractivity contribution < 1.29 is 23.1 Å². The van der Waals surface area contributed by atoms with Gasteiger partial charge in [-0.15, -0.1) is 0 Å². The lowest BCUT2D eigenvalue weighted by Gasteiger charge is -2.26. The van der Waals surface area contributed by atoms with Gasteiger partial charge in [-0.05, 0) is 86.3 Å². The van der Waals surface area contributed by atoms with Crippen LogP contribution in [0.5, 0.6) is 11.5 Å². The fourth-order valence-electron chi connectivity index (χ4n) is 6.18. The van der Waals surface area contributed by atoms with Gasteiger partial charge >= 0.3 is 6.03 Å². The largest absolute Gasteiger partial charge is 0.457 e. The number of aromatic nitrogens is 2. The maximum absolute atomic E-state index is 15.0. The maximum Gasteiger partial charge on any atom is 0.323 e. The second-order valence-corrected chi connectivity index (χ2v) is 11.6. The van der Waals surface area contributed by atoms with Crippen LogP contribution in [0.2, 0.25) is 0 Å². The molecule has 0 spiro atoms. The number of halogens is 2. The molecular weight excluding hydrogens is 582 g/mol. The zero-order chi connectivity index (χ0) is 31.7. The molecule has 12 heteroatoms. The number of rotatable bonds is 7. The van der Waals surface area contributed by atoms with Gasteiger partial charge in [0, 0.05) is 56.4 Å². The average molecular weight is 615 g/mol. The highest BCUT2D eigenvalue weighted by atomic mass is 19.1. The van der Waals surface area contributed by atoms with Crippen molar-refractivity contribution in [1.82, 2.24) is 19.4 Å². The van der Waals surface area contributed by atoms with Gasteiger partial charge in [-0.1, -0.05) is 0 Å². The zero-order valence-electron chi connectivity index (χ0n) is 24.7. The smallest absolute Gasteiger partial charge is 0.323 e. The molecule has 3 heterocycles. The number of nitrogens with zero attached hydrogens (tertiary/aromatic N) is 4. The van der Waals surface area contributed by atoms with Crippen molar-refractivity contribution in [3.8, 4) is 17.2 Å². The van der Waals surface area contributed by atoms with Gasteiger partial charge in [0.05, 0.1) is 5.69 Å². The third-order valence-corrected chi connectivity index (χ3v) is 8.46. The first kappa shape index (κ1) is 29.9. The van der Waals surface area contributed by atoms with Gasteiger partial charge in [-0.2, -0.15) is 0 Å². The lowest BCUT2D eigenvalue weighted by molar-refractivity contribution is 0.102. The molecule has 2 aromatic carbocycles. The molecule has 3 atom stereocenters. The Hall–Kier alpha value is -5.10. The predicted octanol–water partition coefficient (Wildman–Crippen LogP) is 5.36. The Morgan fingerprint density at radius 3 is 2.38 bits per heavy atom. The fraction of sp³-hybridized carbons (Fsp3) is 0.273. The first-order valence-electron chi connectivity index (χ1n) is 14.6. The van der Waals surface area contributed by atoms with E-state index in [9.17, 15) is 18.8 Å². The standard InChI is InChI=1S/C33H32F2N6O4/c1-39-18-20-14-24(15-21(20)19-39)40(2)33(44)38-30-17-26(11-12-36-30)45-25-9-10-29(28(35)16-25)37-31(42)27-4-3-13-41(32(27)43)23-7-5-22(34)6-8-23/h3-13,16-17,20-21,24H,14-15,18-19H2,1-2H3,(H,37,42)(H,36,38,44)/t20-,21+,24?. The minimum atomic E-state index is -0.809. The van der Waals surface area contributed by atoms with Crippen molar-refractivity contribution in [3.05, 3.63) is 107 Å². The third kappa shape index (κ3) is 6.55. The fourth-order valence-corrected chi connectivity index (χ4v) is 6.18. The lowest BCUT2D eigenvalue weighted by Crippen LogP contribution is -2.39. The SMILES string of the molecule is CN1C[C@H]2CC(N(C)C(=O)Nc3cc(Oc4ccc(NC(=O)c5cccn(-c6ccc(F)cc6)c5=O)c(F)c4)ccn3)C[C@H]2C1. The number of fused-ring (bicyclic) bond motifs is 1. The molecule has 2 aliphatic rings. The first-order valence-corrected chi connectivity index (χ1v) is 14.6. The highest BCUT2D eigenvalue weighted by Gasteiger charge is 2.41. The van der Waals surface area contributed by atoms with Gasteiger partial charge in [0.15, 0.2) is 0 Å². The molecule has 1 saturated carbocycles. The van der Waals surface area contributed by atoms with Gasteiger partial charge in [0.1, 0.15) is 34.5 Å². The summed E-state index contributed by atoms with van der Waals surface area (Å²) in [7, 11) is 3.93. The zero-order valence-corrected chi connectivity index (χ0v) is 24.7. The van der Waals surface area contributed by atoms with Gasteiger partial charge in [-0.3, -0.25) is 19.5 Å². The van der Waals surface area contributed by atoms with Crippen molar-refractivity contribution in [2.75, 3.05) is 37.8 Å². The summed E-state index contributed by atoms with van der Waals surface area (Å²) < 4.78 is 35.3. The Kier molecular flexibility index (Phi) is 8.31. The van der Waals surface area contributed by atoms with Crippen LogP contribution < -0.4 is 20.9 Å². The predicted molar refractivity (Wildman–Crippen MR) is 165 cm³/mol. The number of ether oxygens (including phenoxy) is 1. The summed E-state index contributed by atoms with van der Waals surface area (Å²) in [5.41, 5.74) is -0.648. The van der Waals surface area contributed by atoms with Crippen molar-refractivity contribution in [2.45, 2.75) is 18.9 Å². The normalized spacial score (nSPS) is 19.2. The summed E-state index contributed by atoms with van der Waals surface area (Å²) in [6, 6.07) is 14.9. The molecule has 1 unspecified atom stereocenters. The molecule has 10 nitrogen and oxygen atoms in total. The summed E-state index contributed by atoms with van der Waals surface area (Å²) in [6.45, 7) is 2.14. The van der Waals surface area contributed by atoms with Gasteiger partial charge in [0.2, 0.25) is 0 Å². The van der Waals surface area contributed by atoms with E-state index in [1.54, 1.807) is 24.1 Å². The van der Waals surface area contributed by atoms with Gasteiger partial charge in [-0.25, -0.2) is 18.6 Å². The van der Waals surface area contributed by atoms with Crippen LogP contribution in [0.1, 0.15) is 23.2 Å².